The molecular weight excluding hydrogens is 264 g/mol. The van der Waals surface area contributed by atoms with Crippen LogP contribution in [0.25, 0.3) is 0 Å². The van der Waals surface area contributed by atoms with Crippen molar-refractivity contribution in [1.82, 2.24) is 10.2 Å². The molecule has 0 bridgehead atoms. The maximum Gasteiger partial charge on any atom is 0.248 e. The van der Waals surface area contributed by atoms with Crippen molar-refractivity contribution in [3.05, 3.63) is 11.8 Å². The van der Waals surface area contributed by atoms with Crippen molar-refractivity contribution in [2.75, 3.05) is 0 Å². The molecule has 112 valence electrons. The highest BCUT2D eigenvalue weighted by molar-refractivity contribution is 5.00. The molecule has 0 saturated heterocycles. The van der Waals surface area contributed by atoms with Gasteiger partial charge in [-0.3, -0.25) is 0 Å². The fourth-order valence-electron chi connectivity index (χ4n) is 3.23. The van der Waals surface area contributed by atoms with Gasteiger partial charge in [-0.2, -0.15) is 0 Å². The first-order chi connectivity index (χ1) is 9.53. The van der Waals surface area contributed by atoms with Crippen molar-refractivity contribution in [3.63, 3.8) is 0 Å². The Morgan fingerprint density at radius 1 is 0.900 bits per heavy atom. The van der Waals surface area contributed by atoms with Gasteiger partial charge in [0.25, 0.3) is 0 Å². The van der Waals surface area contributed by atoms with Crippen molar-refractivity contribution in [2.24, 2.45) is 5.73 Å². The standard InChI is InChI=1S/C14H21F2N3O/c15-14(16)7-5-10(6-8-14)13-19-18-12(20-13)9-1-3-11(17)4-2-9/h9-11H,1-8,17H2. The van der Waals surface area contributed by atoms with Crippen LogP contribution >= 0.6 is 0 Å². The summed E-state index contributed by atoms with van der Waals surface area (Å²) in [5.41, 5.74) is 5.88. The largest absolute Gasteiger partial charge is 0.425 e. The van der Waals surface area contributed by atoms with Crippen LogP contribution in [-0.2, 0) is 0 Å². The molecule has 2 N–H and O–H groups in total. The summed E-state index contributed by atoms with van der Waals surface area (Å²) < 4.78 is 32.1. The lowest BCUT2D eigenvalue weighted by Crippen LogP contribution is -2.25. The molecular formula is C14H21F2N3O. The Morgan fingerprint density at radius 2 is 1.40 bits per heavy atom. The van der Waals surface area contributed by atoms with Gasteiger partial charge in [-0.25, -0.2) is 8.78 Å². The van der Waals surface area contributed by atoms with Gasteiger partial charge >= 0.3 is 0 Å². The summed E-state index contributed by atoms with van der Waals surface area (Å²) in [4.78, 5) is 0. The van der Waals surface area contributed by atoms with Gasteiger partial charge in [0.05, 0.1) is 0 Å². The number of aromatic nitrogens is 2. The third kappa shape index (κ3) is 3.00. The zero-order chi connectivity index (χ0) is 14.2. The molecule has 1 aromatic rings. The van der Waals surface area contributed by atoms with E-state index in [0.29, 0.717) is 30.5 Å². The number of alkyl halides is 2. The summed E-state index contributed by atoms with van der Waals surface area (Å²) in [6, 6.07) is 0.286. The number of nitrogens with two attached hydrogens (primary N) is 1. The van der Waals surface area contributed by atoms with Crippen LogP contribution in [0.4, 0.5) is 8.78 Å². The third-order valence-electron chi connectivity index (χ3n) is 4.64. The smallest absolute Gasteiger partial charge is 0.248 e. The lowest BCUT2D eigenvalue weighted by molar-refractivity contribution is -0.0399. The molecule has 20 heavy (non-hydrogen) atoms. The minimum Gasteiger partial charge on any atom is -0.425 e. The molecule has 2 aliphatic rings. The predicted molar refractivity (Wildman–Crippen MR) is 69.6 cm³/mol. The maximum absolute atomic E-state index is 13.1. The van der Waals surface area contributed by atoms with E-state index in [9.17, 15) is 8.78 Å². The highest BCUT2D eigenvalue weighted by atomic mass is 19.3. The lowest BCUT2D eigenvalue weighted by Gasteiger charge is -2.26. The van der Waals surface area contributed by atoms with Crippen LogP contribution in [0, 0.1) is 0 Å². The third-order valence-corrected chi connectivity index (χ3v) is 4.64. The predicted octanol–water partition coefficient (Wildman–Crippen LogP) is 3.35. The van der Waals surface area contributed by atoms with E-state index in [1.54, 1.807) is 0 Å². The average Bonchev–Trinajstić information content (AvgIpc) is 2.89. The first-order valence-corrected chi connectivity index (χ1v) is 7.50. The van der Waals surface area contributed by atoms with E-state index in [2.05, 4.69) is 10.2 Å². The number of halogens is 2. The summed E-state index contributed by atoms with van der Waals surface area (Å²) in [5.74, 6) is -1.00. The minimum absolute atomic E-state index is 0.00159. The van der Waals surface area contributed by atoms with Gasteiger partial charge in [0.1, 0.15) is 0 Å². The van der Waals surface area contributed by atoms with Crippen LogP contribution in [0.2, 0.25) is 0 Å². The van der Waals surface area contributed by atoms with E-state index in [1.165, 1.54) is 0 Å². The van der Waals surface area contributed by atoms with E-state index >= 15 is 0 Å². The molecule has 0 radical (unpaired) electrons. The molecule has 0 aromatic carbocycles. The second-order valence-electron chi connectivity index (χ2n) is 6.22. The molecule has 1 aromatic heterocycles. The number of hydrogen-bond acceptors (Lipinski definition) is 4. The van der Waals surface area contributed by atoms with Crippen molar-refractivity contribution in [2.45, 2.75) is 75.2 Å². The first-order valence-electron chi connectivity index (χ1n) is 7.50. The normalized spacial score (nSPS) is 31.4. The van der Waals surface area contributed by atoms with Crippen molar-refractivity contribution in [3.8, 4) is 0 Å². The molecule has 2 saturated carbocycles. The molecule has 2 aliphatic carbocycles. The second-order valence-corrected chi connectivity index (χ2v) is 6.22. The highest BCUT2D eigenvalue weighted by Gasteiger charge is 2.37. The van der Waals surface area contributed by atoms with E-state index in [-0.39, 0.29) is 24.8 Å². The number of hydrogen-bond donors (Lipinski definition) is 1. The van der Waals surface area contributed by atoms with Gasteiger partial charge in [-0.1, -0.05) is 0 Å². The van der Waals surface area contributed by atoms with Crippen LogP contribution in [0.3, 0.4) is 0 Å². The molecule has 3 rings (SSSR count). The Kier molecular flexibility index (Phi) is 3.75. The molecule has 0 unspecified atom stereocenters. The van der Waals surface area contributed by atoms with E-state index < -0.39 is 5.92 Å². The maximum atomic E-state index is 13.1. The Balaban J connectivity index is 1.62. The highest BCUT2D eigenvalue weighted by Crippen LogP contribution is 2.41. The fraction of sp³-hybridized carbons (Fsp3) is 0.857. The molecule has 6 heteroatoms. The summed E-state index contributed by atoms with van der Waals surface area (Å²) in [6.45, 7) is 0. The van der Waals surface area contributed by atoms with Crippen LogP contribution in [0.15, 0.2) is 4.42 Å². The van der Waals surface area contributed by atoms with Crippen LogP contribution in [-0.4, -0.2) is 22.2 Å². The summed E-state index contributed by atoms with van der Waals surface area (Å²) in [5, 5.41) is 8.22. The monoisotopic (exact) mass is 285 g/mol. The molecule has 1 heterocycles. The number of nitrogens with zero attached hydrogens (tertiary/aromatic N) is 2. The topological polar surface area (TPSA) is 64.9 Å². The summed E-state index contributed by atoms with van der Waals surface area (Å²) in [6.07, 6.45) is 4.64. The van der Waals surface area contributed by atoms with Gasteiger partial charge in [0.2, 0.25) is 17.7 Å². The summed E-state index contributed by atoms with van der Waals surface area (Å²) >= 11 is 0. The van der Waals surface area contributed by atoms with Gasteiger partial charge in [0.15, 0.2) is 0 Å². The van der Waals surface area contributed by atoms with E-state index in [0.717, 1.165) is 25.7 Å². The van der Waals surface area contributed by atoms with Crippen molar-refractivity contribution < 1.29 is 13.2 Å². The van der Waals surface area contributed by atoms with Crippen molar-refractivity contribution in [1.29, 1.82) is 0 Å². The van der Waals surface area contributed by atoms with Gasteiger partial charge in [0, 0.05) is 30.7 Å². The summed E-state index contributed by atoms with van der Waals surface area (Å²) in [7, 11) is 0. The van der Waals surface area contributed by atoms with Crippen LogP contribution < -0.4 is 5.73 Å². The zero-order valence-corrected chi connectivity index (χ0v) is 11.5. The quantitative estimate of drug-likeness (QED) is 0.905. The Labute approximate surface area is 117 Å². The minimum atomic E-state index is -2.52. The first kappa shape index (κ1) is 13.9. The van der Waals surface area contributed by atoms with Crippen LogP contribution in [0.1, 0.15) is 75.0 Å². The van der Waals surface area contributed by atoms with E-state index in [4.69, 9.17) is 10.2 Å². The molecule has 0 atom stereocenters. The fourth-order valence-corrected chi connectivity index (χ4v) is 3.23. The average molecular weight is 285 g/mol. The Morgan fingerprint density at radius 3 is 1.95 bits per heavy atom. The molecule has 2 fully saturated rings. The van der Waals surface area contributed by atoms with E-state index in [1.807, 2.05) is 0 Å². The van der Waals surface area contributed by atoms with Gasteiger partial charge in [-0.15, -0.1) is 10.2 Å². The zero-order valence-electron chi connectivity index (χ0n) is 11.5. The van der Waals surface area contributed by atoms with Gasteiger partial charge < -0.3 is 10.2 Å². The van der Waals surface area contributed by atoms with Gasteiger partial charge in [-0.05, 0) is 38.5 Å². The second kappa shape index (κ2) is 5.39. The molecule has 0 amide bonds. The Bertz CT molecular complexity index is 445. The molecule has 0 aliphatic heterocycles. The number of rotatable bonds is 2. The molecule has 4 nitrogen and oxygen atoms in total. The molecule has 0 spiro atoms. The van der Waals surface area contributed by atoms with Crippen molar-refractivity contribution >= 4 is 0 Å². The SMILES string of the molecule is NC1CCC(c2nnc(C3CCC(F)(F)CC3)o2)CC1. The lowest BCUT2D eigenvalue weighted by atomic mass is 9.86. The Hall–Kier alpha value is -1.04. The van der Waals surface area contributed by atoms with Crippen LogP contribution in [0.5, 0.6) is 0 Å².